The van der Waals surface area contributed by atoms with E-state index in [2.05, 4.69) is 10.3 Å². The first-order chi connectivity index (χ1) is 8.27. The predicted octanol–water partition coefficient (Wildman–Crippen LogP) is 3.24. The van der Waals surface area contributed by atoms with Crippen molar-refractivity contribution in [2.24, 2.45) is 11.8 Å². The fourth-order valence-corrected chi connectivity index (χ4v) is 2.54. The van der Waals surface area contributed by atoms with Gasteiger partial charge in [0.25, 0.3) is 0 Å². The molecule has 1 heterocycles. The molecule has 1 atom stereocenters. The van der Waals surface area contributed by atoms with Gasteiger partial charge >= 0.3 is 0 Å². The molecule has 1 saturated carbocycles. The molecule has 3 heteroatoms. The van der Waals surface area contributed by atoms with Gasteiger partial charge in [0.15, 0.2) is 0 Å². The number of rotatable bonds is 3. The number of pyridine rings is 1. The second-order valence-electron chi connectivity index (χ2n) is 4.92. The first kappa shape index (κ1) is 12.1. The van der Waals surface area contributed by atoms with E-state index in [1.807, 2.05) is 19.1 Å². The molecule has 0 aromatic carbocycles. The number of aromatic nitrogens is 1. The predicted molar refractivity (Wildman–Crippen MR) is 68.6 cm³/mol. The van der Waals surface area contributed by atoms with Gasteiger partial charge in [0.2, 0.25) is 5.91 Å². The van der Waals surface area contributed by atoms with Crippen LogP contribution in [0.4, 0.5) is 5.69 Å². The minimum Gasteiger partial charge on any atom is -0.324 e. The lowest BCUT2D eigenvalue weighted by molar-refractivity contribution is -0.121. The second-order valence-corrected chi connectivity index (χ2v) is 4.92. The third-order valence-corrected chi connectivity index (χ3v) is 3.70. The molecule has 1 aliphatic carbocycles. The van der Waals surface area contributed by atoms with Gasteiger partial charge in [-0.25, -0.2) is 0 Å². The maximum absolute atomic E-state index is 12.1. The van der Waals surface area contributed by atoms with Crippen LogP contribution in [0.15, 0.2) is 24.5 Å². The molecule has 1 amide bonds. The van der Waals surface area contributed by atoms with Crippen LogP contribution in [0.5, 0.6) is 0 Å². The number of amides is 1. The quantitative estimate of drug-likeness (QED) is 0.869. The second kappa shape index (κ2) is 5.80. The van der Waals surface area contributed by atoms with E-state index >= 15 is 0 Å². The fraction of sp³-hybridized carbons (Fsp3) is 0.571. The number of carbonyl (C=O) groups is 1. The van der Waals surface area contributed by atoms with Crippen molar-refractivity contribution < 1.29 is 4.79 Å². The normalized spacial score (nSPS) is 18.6. The van der Waals surface area contributed by atoms with Crippen molar-refractivity contribution in [3.05, 3.63) is 24.5 Å². The van der Waals surface area contributed by atoms with E-state index < -0.39 is 0 Å². The summed E-state index contributed by atoms with van der Waals surface area (Å²) >= 11 is 0. The van der Waals surface area contributed by atoms with Gasteiger partial charge in [0.1, 0.15) is 0 Å². The molecule has 1 fully saturated rings. The van der Waals surface area contributed by atoms with Crippen LogP contribution < -0.4 is 5.32 Å². The van der Waals surface area contributed by atoms with Crippen molar-refractivity contribution in [1.82, 2.24) is 4.98 Å². The van der Waals surface area contributed by atoms with Gasteiger partial charge in [0, 0.05) is 12.1 Å². The summed E-state index contributed by atoms with van der Waals surface area (Å²) in [7, 11) is 0. The molecule has 17 heavy (non-hydrogen) atoms. The molecule has 92 valence electrons. The molecule has 0 saturated heterocycles. The molecule has 1 aliphatic rings. The number of nitrogens with zero attached hydrogens (tertiary/aromatic N) is 1. The first-order valence-electron chi connectivity index (χ1n) is 6.48. The summed E-state index contributed by atoms with van der Waals surface area (Å²) in [6.45, 7) is 2.04. The Morgan fingerprint density at radius 1 is 1.41 bits per heavy atom. The monoisotopic (exact) mass is 232 g/mol. The van der Waals surface area contributed by atoms with Crippen LogP contribution >= 0.6 is 0 Å². The van der Waals surface area contributed by atoms with Gasteiger partial charge in [-0.05, 0) is 30.9 Å². The van der Waals surface area contributed by atoms with Crippen molar-refractivity contribution >= 4 is 11.6 Å². The van der Waals surface area contributed by atoms with Crippen LogP contribution in [0.2, 0.25) is 0 Å². The zero-order valence-corrected chi connectivity index (χ0v) is 10.4. The van der Waals surface area contributed by atoms with E-state index in [9.17, 15) is 4.79 Å². The van der Waals surface area contributed by atoms with Crippen molar-refractivity contribution in [2.45, 2.75) is 39.0 Å². The number of nitrogens with one attached hydrogen (secondary N) is 1. The highest BCUT2D eigenvalue weighted by molar-refractivity contribution is 5.92. The molecule has 0 radical (unpaired) electrons. The lowest BCUT2D eigenvalue weighted by Gasteiger charge is -2.26. The lowest BCUT2D eigenvalue weighted by Crippen LogP contribution is -2.28. The smallest absolute Gasteiger partial charge is 0.227 e. The highest BCUT2D eigenvalue weighted by Crippen LogP contribution is 2.30. The number of carbonyl (C=O) groups excluding carboxylic acids is 1. The largest absolute Gasteiger partial charge is 0.324 e. The zero-order chi connectivity index (χ0) is 12.1. The van der Waals surface area contributed by atoms with Crippen LogP contribution in [-0.4, -0.2) is 10.9 Å². The number of hydrogen-bond donors (Lipinski definition) is 1. The van der Waals surface area contributed by atoms with Crippen LogP contribution in [0.1, 0.15) is 39.0 Å². The molecule has 0 aliphatic heterocycles. The zero-order valence-electron chi connectivity index (χ0n) is 10.4. The minimum absolute atomic E-state index is 0.107. The SMILES string of the molecule is C[C@H](C(=O)Nc1cccnc1)C1CCCCC1. The number of anilines is 1. The summed E-state index contributed by atoms with van der Waals surface area (Å²) < 4.78 is 0. The van der Waals surface area contributed by atoms with Crippen molar-refractivity contribution in [1.29, 1.82) is 0 Å². The van der Waals surface area contributed by atoms with Crippen molar-refractivity contribution in [2.75, 3.05) is 5.32 Å². The van der Waals surface area contributed by atoms with Gasteiger partial charge in [0.05, 0.1) is 11.9 Å². The molecule has 3 nitrogen and oxygen atoms in total. The average Bonchev–Trinajstić information content (AvgIpc) is 2.40. The summed E-state index contributed by atoms with van der Waals surface area (Å²) in [6.07, 6.45) is 9.66. The molecular formula is C14H20N2O. The summed E-state index contributed by atoms with van der Waals surface area (Å²) in [5.41, 5.74) is 0.792. The lowest BCUT2D eigenvalue weighted by atomic mass is 9.80. The Morgan fingerprint density at radius 2 is 2.18 bits per heavy atom. The van der Waals surface area contributed by atoms with Gasteiger partial charge in [-0.15, -0.1) is 0 Å². The van der Waals surface area contributed by atoms with Gasteiger partial charge in [-0.2, -0.15) is 0 Å². The molecule has 0 unspecified atom stereocenters. The Labute approximate surface area is 103 Å². The van der Waals surface area contributed by atoms with E-state index in [-0.39, 0.29) is 11.8 Å². The first-order valence-corrected chi connectivity index (χ1v) is 6.48. The van der Waals surface area contributed by atoms with Crippen molar-refractivity contribution in [3.63, 3.8) is 0 Å². The van der Waals surface area contributed by atoms with Gasteiger partial charge in [-0.1, -0.05) is 26.2 Å². The van der Waals surface area contributed by atoms with Gasteiger partial charge in [-0.3, -0.25) is 9.78 Å². The average molecular weight is 232 g/mol. The third-order valence-electron chi connectivity index (χ3n) is 3.70. The van der Waals surface area contributed by atoms with Crippen LogP contribution in [-0.2, 0) is 4.79 Å². The highest BCUT2D eigenvalue weighted by atomic mass is 16.1. The molecule has 0 bridgehead atoms. The standard InChI is InChI=1S/C14H20N2O/c1-11(12-6-3-2-4-7-12)14(17)16-13-8-5-9-15-10-13/h5,8-12H,2-4,6-7H2,1H3,(H,16,17)/t11-/m0/s1. The Kier molecular flexibility index (Phi) is 4.13. The third kappa shape index (κ3) is 3.29. The summed E-state index contributed by atoms with van der Waals surface area (Å²) in [5, 5.41) is 2.94. The van der Waals surface area contributed by atoms with E-state index in [4.69, 9.17) is 0 Å². The summed E-state index contributed by atoms with van der Waals surface area (Å²) in [4.78, 5) is 16.1. The Balaban J connectivity index is 1.90. The molecular weight excluding hydrogens is 212 g/mol. The van der Waals surface area contributed by atoms with E-state index in [1.54, 1.807) is 12.4 Å². The van der Waals surface area contributed by atoms with Crippen LogP contribution in [0.3, 0.4) is 0 Å². The van der Waals surface area contributed by atoms with E-state index in [0.717, 1.165) is 5.69 Å². The maximum Gasteiger partial charge on any atom is 0.227 e. The fourth-order valence-electron chi connectivity index (χ4n) is 2.54. The molecule has 1 aromatic heterocycles. The Hall–Kier alpha value is -1.38. The summed E-state index contributed by atoms with van der Waals surface area (Å²) in [6, 6.07) is 3.71. The topological polar surface area (TPSA) is 42.0 Å². The number of hydrogen-bond acceptors (Lipinski definition) is 2. The molecule has 1 N–H and O–H groups in total. The van der Waals surface area contributed by atoms with E-state index in [0.29, 0.717) is 5.92 Å². The van der Waals surface area contributed by atoms with Crippen molar-refractivity contribution in [3.8, 4) is 0 Å². The van der Waals surface area contributed by atoms with E-state index in [1.165, 1.54) is 32.1 Å². The molecule has 2 rings (SSSR count). The van der Waals surface area contributed by atoms with Gasteiger partial charge < -0.3 is 5.32 Å². The van der Waals surface area contributed by atoms with Crippen LogP contribution in [0, 0.1) is 11.8 Å². The maximum atomic E-state index is 12.1. The summed E-state index contributed by atoms with van der Waals surface area (Å²) in [5.74, 6) is 0.792. The van der Waals surface area contributed by atoms with Crippen LogP contribution in [0.25, 0.3) is 0 Å². The Morgan fingerprint density at radius 3 is 2.82 bits per heavy atom. The Bertz CT molecular complexity index is 358. The minimum atomic E-state index is 0.107. The molecule has 0 spiro atoms. The molecule has 1 aromatic rings. The highest BCUT2D eigenvalue weighted by Gasteiger charge is 2.25.